The van der Waals surface area contributed by atoms with Gasteiger partial charge in [0.25, 0.3) is 10.0 Å². The van der Waals surface area contributed by atoms with Crippen molar-refractivity contribution in [2.45, 2.75) is 44.3 Å². The first kappa shape index (κ1) is 29.0. The number of ether oxygens (including phenoxy) is 1. The predicted molar refractivity (Wildman–Crippen MR) is 149 cm³/mol. The first-order valence-corrected chi connectivity index (χ1v) is 13.9. The molecule has 3 aromatic rings. The van der Waals surface area contributed by atoms with E-state index in [2.05, 4.69) is 5.32 Å². The van der Waals surface area contributed by atoms with Crippen LogP contribution in [0.3, 0.4) is 0 Å². The number of rotatable bonds is 11. The highest BCUT2D eigenvalue weighted by atomic mass is 35.5. The van der Waals surface area contributed by atoms with Gasteiger partial charge in [-0.1, -0.05) is 48.0 Å². The lowest BCUT2D eigenvalue weighted by molar-refractivity contribution is -0.139. The average molecular weight is 558 g/mol. The van der Waals surface area contributed by atoms with Crippen LogP contribution in [0.2, 0.25) is 5.02 Å². The molecule has 0 aliphatic carbocycles. The number of carbonyl (C=O) groups is 2. The zero-order valence-electron chi connectivity index (χ0n) is 21.8. The van der Waals surface area contributed by atoms with E-state index >= 15 is 0 Å². The van der Waals surface area contributed by atoms with Gasteiger partial charge in [-0.2, -0.15) is 0 Å². The SMILES string of the molecule is COc1ccc(N(CC(=O)N(Cc2ccccc2Cl)[C@H](C)C(=O)NC(C)C)S(=O)(=O)c2ccccc2)cc1. The Morgan fingerprint density at radius 2 is 1.53 bits per heavy atom. The summed E-state index contributed by atoms with van der Waals surface area (Å²) in [7, 11) is -2.62. The molecule has 0 radical (unpaired) electrons. The van der Waals surface area contributed by atoms with E-state index in [4.69, 9.17) is 16.3 Å². The van der Waals surface area contributed by atoms with E-state index in [0.29, 0.717) is 16.3 Å². The second kappa shape index (κ2) is 12.8. The maximum Gasteiger partial charge on any atom is 0.264 e. The Balaban J connectivity index is 2.03. The molecule has 0 bridgehead atoms. The van der Waals surface area contributed by atoms with Gasteiger partial charge >= 0.3 is 0 Å². The summed E-state index contributed by atoms with van der Waals surface area (Å²) in [5, 5.41) is 3.26. The number of benzene rings is 3. The molecule has 0 fully saturated rings. The molecule has 3 aromatic carbocycles. The molecule has 38 heavy (non-hydrogen) atoms. The first-order chi connectivity index (χ1) is 18.0. The molecule has 10 heteroatoms. The lowest BCUT2D eigenvalue weighted by Gasteiger charge is -2.32. The van der Waals surface area contributed by atoms with Crippen LogP contribution < -0.4 is 14.4 Å². The van der Waals surface area contributed by atoms with Crippen molar-refractivity contribution in [2.75, 3.05) is 18.0 Å². The van der Waals surface area contributed by atoms with Crippen LogP contribution in [-0.4, -0.2) is 50.9 Å². The third-order valence-corrected chi connectivity index (χ3v) is 8.02. The molecule has 0 aromatic heterocycles. The van der Waals surface area contributed by atoms with E-state index in [9.17, 15) is 18.0 Å². The minimum atomic E-state index is -4.13. The van der Waals surface area contributed by atoms with Crippen molar-refractivity contribution >= 4 is 39.1 Å². The van der Waals surface area contributed by atoms with Crippen molar-refractivity contribution in [1.29, 1.82) is 0 Å². The Morgan fingerprint density at radius 1 is 0.921 bits per heavy atom. The summed E-state index contributed by atoms with van der Waals surface area (Å²) >= 11 is 6.37. The summed E-state index contributed by atoms with van der Waals surface area (Å²) in [5.74, 6) is -0.384. The molecule has 0 aliphatic rings. The van der Waals surface area contributed by atoms with Gasteiger partial charge in [-0.05, 0) is 68.8 Å². The van der Waals surface area contributed by atoms with E-state index in [1.54, 1.807) is 73.7 Å². The van der Waals surface area contributed by atoms with Crippen molar-refractivity contribution in [3.8, 4) is 5.75 Å². The molecular formula is C28H32ClN3O5S. The highest BCUT2D eigenvalue weighted by Crippen LogP contribution is 2.27. The molecule has 0 aliphatic heterocycles. The molecule has 3 rings (SSSR count). The Hall–Kier alpha value is -3.56. The van der Waals surface area contributed by atoms with Crippen LogP contribution in [-0.2, 0) is 26.2 Å². The normalized spacial score (nSPS) is 12.1. The van der Waals surface area contributed by atoms with Gasteiger partial charge in [-0.15, -0.1) is 0 Å². The maximum atomic E-state index is 13.8. The molecular weight excluding hydrogens is 526 g/mol. The van der Waals surface area contributed by atoms with Gasteiger partial charge in [0.05, 0.1) is 17.7 Å². The fourth-order valence-electron chi connectivity index (χ4n) is 3.79. The number of nitrogens with zero attached hydrogens (tertiary/aromatic N) is 2. The summed E-state index contributed by atoms with van der Waals surface area (Å²) in [4.78, 5) is 28.2. The fourth-order valence-corrected chi connectivity index (χ4v) is 5.43. The number of sulfonamides is 1. The van der Waals surface area contributed by atoms with E-state index in [0.717, 1.165) is 4.31 Å². The standard InChI is InChI=1S/C28H32ClN3O5S/c1-20(2)30-28(34)21(3)31(18-22-10-8-9-13-26(22)29)27(33)19-32(23-14-16-24(37-4)17-15-23)38(35,36)25-11-6-5-7-12-25/h5-17,20-21H,18-19H2,1-4H3,(H,30,34)/t21-/m1/s1. The third kappa shape index (κ3) is 7.05. The van der Waals surface area contributed by atoms with Gasteiger partial charge in [0.15, 0.2) is 0 Å². The Labute approximate surface area is 229 Å². The highest BCUT2D eigenvalue weighted by molar-refractivity contribution is 7.92. The molecule has 0 saturated heterocycles. The van der Waals surface area contributed by atoms with Gasteiger partial charge in [0.1, 0.15) is 18.3 Å². The van der Waals surface area contributed by atoms with Gasteiger partial charge < -0.3 is 15.0 Å². The Kier molecular flexibility index (Phi) is 9.77. The van der Waals surface area contributed by atoms with Crippen LogP contribution in [0.25, 0.3) is 0 Å². The van der Waals surface area contributed by atoms with Gasteiger partial charge in [-0.25, -0.2) is 8.42 Å². The monoisotopic (exact) mass is 557 g/mol. The number of anilines is 1. The molecule has 0 saturated carbocycles. The summed E-state index contributed by atoms with van der Waals surface area (Å²) in [6.07, 6.45) is 0. The van der Waals surface area contributed by atoms with E-state index in [1.807, 2.05) is 13.8 Å². The maximum absolute atomic E-state index is 13.8. The topological polar surface area (TPSA) is 96.0 Å². The molecule has 202 valence electrons. The van der Waals surface area contributed by atoms with Gasteiger partial charge in [0, 0.05) is 17.6 Å². The number of methoxy groups -OCH3 is 1. The second-order valence-corrected chi connectivity index (χ2v) is 11.2. The molecule has 8 nitrogen and oxygen atoms in total. The Bertz CT molecular complexity index is 1350. The Morgan fingerprint density at radius 3 is 2.11 bits per heavy atom. The van der Waals surface area contributed by atoms with Crippen LogP contribution in [0.4, 0.5) is 5.69 Å². The van der Waals surface area contributed by atoms with Crippen molar-refractivity contribution in [3.63, 3.8) is 0 Å². The second-order valence-electron chi connectivity index (χ2n) is 8.98. The number of amides is 2. The molecule has 0 heterocycles. The van der Waals surface area contributed by atoms with Gasteiger partial charge in [-0.3, -0.25) is 13.9 Å². The smallest absolute Gasteiger partial charge is 0.264 e. The van der Waals surface area contributed by atoms with Gasteiger partial charge in [0.2, 0.25) is 11.8 Å². The van der Waals surface area contributed by atoms with Crippen molar-refractivity contribution in [3.05, 3.63) is 89.4 Å². The molecule has 0 spiro atoms. The number of hydrogen-bond acceptors (Lipinski definition) is 5. The molecule has 2 amide bonds. The molecule has 1 atom stereocenters. The third-order valence-electron chi connectivity index (χ3n) is 5.87. The summed E-state index contributed by atoms with van der Waals surface area (Å²) in [5.41, 5.74) is 0.911. The number of nitrogens with one attached hydrogen (secondary N) is 1. The van der Waals surface area contributed by atoms with Crippen LogP contribution in [0, 0.1) is 0 Å². The minimum absolute atomic E-state index is 0.0209. The minimum Gasteiger partial charge on any atom is -0.497 e. The van der Waals surface area contributed by atoms with Crippen molar-refractivity contribution < 1.29 is 22.7 Å². The van der Waals surface area contributed by atoms with Crippen LogP contribution in [0.1, 0.15) is 26.3 Å². The largest absolute Gasteiger partial charge is 0.497 e. The van der Waals surface area contributed by atoms with Crippen molar-refractivity contribution in [2.24, 2.45) is 0 Å². The summed E-state index contributed by atoms with van der Waals surface area (Å²) in [6, 6.07) is 20.2. The van der Waals surface area contributed by atoms with Crippen LogP contribution in [0.15, 0.2) is 83.8 Å². The predicted octanol–water partition coefficient (Wildman–Crippen LogP) is 4.49. The van der Waals surface area contributed by atoms with Crippen LogP contribution in [0.5, 0.6) is 5.75 Å². The quantitative estimate of drug-likeness (QED) is 0.375. The lowest BCUT2D eigenvalue weighted by Crippen LogP contribution is -2.52. The number of halogens is 1. The zero-order chi connectivity index (χ0) is 27.9. The summed E-state index contributed by atoms with van der Waals surface area (Å²) < 4.78 is 33.7. The lowest BCUT2D eigenvalue weighted by atomic mass is 10.1. The van der Waals surface area contributed by atoms with Crippen molar-refractivity contribution in [1.82, 2.24) is 10.2 Å². The zero-order valence-corrected chi connectivity index (χ0v) is 23.4. The molecule has 0 unspecified atom stereocenters. The average Bonchev–Trinajstić information content (AvgIpc) is 2.91. The first-order valence-electron chi connectivity index (χ1n) is 12.1. The summed E-state index contributed by atoms with van der Waals surface area (Å²) in [6.45, 7) is 4.74. The van der Waals surface area contributed by atoms with E-state index in [1.165, 1.54) is 24.1 Å². The molecule has 1 N–H and O–H groups in total. The van der Waals surface area contributed by atoms with E-state index in [-0.39, 0.29) is 29.1 Å². The highest BCUT2D eigenvalue weighted by Gasteiger charge is 2.32. The fraction of sp³-hybridized carbons (Fsp3) is 0.286. The van der Waals surface area contributed by atoms with Crippen LogP contribution >= 0.6 is 11.6 Å². The van der Waals surface area contributed by atoms with E-state index < -0.39 is 28.5 Å². The number of hydrogen-bond donors (Lipinski definition) is 1. The number of carbonyl (C=O) groups excluding carboxylic acids is 2.